The largest absolute Gasteiger partial charge is 0.508 e. The average Bonchev–Trinajstić information content (AvgIpc) is 3.04. The summed E-state index contributed by atoms with van der Waals surface area (Å²) < 4.78 is 6.06. The summed E-state index contributed by atoms with van der Waals surface area (Å²) in [5.41, 5.74) is 4.73. The van der Waals surface area contributed by atoms with Crippen molar-refractivity contribution >= 4 is 11.6 Å². The third kappa shape index (κ3) is 2.53. The van der Waals surface area contributed by atoms with Crippen molar-refractivity contribution in [1.29, 1.82) is 0 Å². The monoisotopic (exact) mass is 438 g/mol. The third-order valence-corrected chi connectivity index (χ3v) is 6.15. The summed E-state index contributed by atoms with van der Waals surface area (Å²) in [6, 6.07) is 23.4. The van der Waals surface area contributed by atoms with Crippen molar-refractivity contribution in [2.75, 3.05) is 5.43 Å². The molecule has 0 aromatic heterocycles. The smallest absolute Gasteiger partial charge is 0.274 e. The summed E-state index contributed by atoms with van der Waals surface area (Å²) in [7, 11) is 0. The van der Waals surface area contributed by atoms with Gasteiger partial charge < -0.3 is 20.1 Å². The van der Waals surface area contributed by atoms with Gasteiger partial charge in [-0.2, -0.15) is 0 Å². The highest BCUT2D eigenvalue weighted by Crippen LogP contribution is 2.58. The van der Waals surface area contributed by atoms with E-state index < -0.39 is 5.54 Å². The Morgan fingerprint density at radius 3 is 2.00 bits per heavy atom. The molecular weight excluding hydrogens is 420 g/mol. The van der Waals surface area contributed by atoms with E-state index in [-0.39, 0.29) is 23.2 Å². The van der Waals surface area contributed by atoms with E-state index in [4.69, 9.17) is 4.74 Å². The number of para-hydroxylation sites is 2. The van der Waals surface area contributed by atoms with Gasteiger partial charge in [-0.3, -0.25) is 10.2 Å². The van der Waals surface area contributed by atoms with Gasteiger partial charge in [0.05, 0.1) is 5.69 Å². The van der Waals surface area contributed by atoms with Gasteiger partial charge in [0.25, 0.3) is 5.91 Å². The Balaban J connectivity index is 1.71. The summed E-state index contributed by atoms with van der Waals surface area (Å²) >= 11 is 0. The number of phenolic OH excluding ortho intramolecular Hbond substituents is 3. The molecule has 33 heavy (non-hydrogen) atoms. The number of nitrogens with one attached hydrogen (secondary N) is 1. The molecule has 7 nitrogen and oxygen atoms in total. The van der Waals surface area contributed by atoms with Crippen LogP contribution in [0.4, 0.5) is 5.69 Å². The fourth-order valence-electron chi connectivity index (χ4n) is 4.78. The van der Waals surface area contributed by atoms with E-state index in [0.29, 0.717) is 39.4 Å². The van der Waals surface area contributed by atoms with Crippen LogP contribution in [0, 0.1) is 0 Å². The number of amides is 1. The second-order valence-electron chi connectivity index (χ2n) is 7.99. The molecule has 0 aliphatic carbocycles. The normalized spacial score (nSPS) is 14.9. The highest BCUT2D eigenvalue weighted by molar-refractivity contribution is 6.03. The second kappa shape index (κ2) is 6.67. The lowest BCUT2D eigenvalue weighted by Crippen LogP contribution is -2.50. The molecule has 0 bridgehead atoms. The zero-order chi connectivity index (χ0) is 22.7. The molecule has 2 heterocycles. The van der Waals surface area contributed by atoms with Crippen LogP contribution in [0.1, 0.15) is 27.0 Å². The molecule has 1 amide bonds. The Morgan fingerprint density at radius 2 is 1.33 bits per heavy atom. The van der Waals surface area contributed by atoms with E-state index in [0.717, 1.165) is 0 Å². The Morgan fingerprint density at radius 1 is 0.727 bits per heavy atom. The molecule has 4 aromatic carbocycles. The third-order valence-electron chi connectivity index (χ3n) is 6.15. The molecule has 6 rings (SSSR count). The Hall–Kier alpha value is -4.65. The lowest BCUT2D eigenvalue weighted by atomic mass is 9.75. The minimum atomic E-state index is -1.19. The zero-order valence-electron chi connectivity index (χ0n) is 17.2. The first-order valence-corrected chi connectivity index (χ1v) is 10.3. The van der Waals surface area contributed by atoms with Crippen molar-refractivity contribution < 1.29 is 24.9 Å². The number of hydrogen-bond acceptors (Lipinski definition) is 6. The average molecular weight is 438 g/mol. The van der Waals surface area contributed by atoms with Gasteiger partial charge >= 0.3 is 0 Å². The molecule has 0 atom stereocenters. The number of anilines is 1. The van der Waals surface area contributed by atoms with E-state index in [1.165, 1.54) is 23.2 Å². The van der Waals surface area contributed by atoms with Gasteiger partial charge in [-0.25, -0.2) is 5.01 Å². The number of benzene rings is 4. The SMILES string of the molecule is O=C1c2ccccc2C2(c3ccc(O)cc3Oc3cc(O)ccc32)N1Nc1ccccc1O. The number of carbonyl (C=O) groups excluding carboxylic acids is 1. The molecule has 2 aliphatic rings. The number of hydrogen-bond donors (Lipinski definition) is 4. The molecular formula is C26H18N2O5. The molecule has 1 spiro atoms. The van der Waals surface area contributed by atoms with Gasteiger partial charge in [0, 0.05) is 34.4 Å². The van der Waals surface area contributed by atoms with Crippen LogP contribution in [0.2, 0.25) is 0 Å². The molecule has 4 aromatic rings. The van der Waals surface area contributed by atoms with Crippen LogP contribution in [0.3, 0.4) is 0 Å². The summed E-state index contributed by atoms with van der Waals surface area (Å²) in [6.45, 7) is 0. The van der Waals surface area contributed by atoms with E-state index in [2.05, 4.69) is 5.43 Å². The summed E-state index contributed by atoms with van der Waals surface area (Å²) in [5.74, 6) is 0.396. The lowest BCUT2D eigenvalue weighted by Gasteiger charge is -2.44. The first-order chi connectivity index (χ1) is 16.0. The fourth-order valence-corrected chi connectivity index (χ4v) is 4.78. The molecule has 0 unspecified atom stereocenters. The number of phenols is 3. The Kier molecular flexibility index (Phi) is 3.85. The van der Waals surface area contributed by atoms with Crippen molar-refractivity contribution in [3.8, 4) is 28.7 Å². The molecule has 0 saturated heterocycles. The number of fused-ring (bicyclic) bond motifs is 6. The first-order valence-electron chi connectivity index (χ1n) is 10.3. The molecule has 0 saturated carbocycles. The summed E-state index contributed by atoms with van der Waals surface area (Å²) in [4.78, 5) is 13.8. The Labute approximate surface area is 188 Å². The maximum atomic E-state index is 13.8. The zero-order valence-corrected chi connectivity index (χ0v) is 17.2. The standard InChI is InChI=1S/C26H18N2O5/c29-15-9-11-19-23(13-15)33-24-14-16(30)10-12-20(24)26(19)18-6-2-1-5-17(18)25(32)28(26)27-21-7-3-4-8-22(21)31/h1-14,27,29-31H. The highest BCUT2D eigenvalue weighted by Gasteiger charge is 2.57. The Bertz CT molecular complexity index is 1400. The maximum absolute atomic E-state index is 13.8. The van der Waals surface area contributed by atoms with Crippen molar-refractivity contribution in [2.24, 2.45) is 0 Å². The molecule has 162 valence electrons. The number of rotatable bonds is 2. The lowest BCUT2D eigenvalue weighted by molar-refractivity contribution is 0.0724. The van der Waals surface area contributed by atoms with E-state index in [1.807, 2.05) is 12.1 Å². The molecule has 7 heteroatoms. The van der Waals surface area contributed by atoms with Gasteiger partial charge in [0.1, 0.15) is 34.3 Å². The van der Waals surface area contributed by atoms with E-state index >= 15 is 0 Å². The molecule has 4 N–H and O–H groups in total. The van der Waals surface area contributed by atoms with Crippen LogP contribution in [0.15, 0.2) is 84.9 Å². The van der Waals surface area contributed by atoms with Crippen LogP contribution in [-0.4, -0.2) is 26.2 Å². The van der Waals surface area contributed by atoms with Gasteiger partial charge in [-0.05, 0) is 42.5 Å². The highest BCUT2D eigenvalue weighted by atomic mass is 16.5. The van der Waals surface area contributed by atoms with Crippen LogP contribution in [-0.2, 0) is 5.54 Å². The molecule has 2 aliphatic heterocycles. The fraction of sp³-hybridized carbons (Fsp3) is 0.0385. The van der Waals surface area contributed by atoms with Crippen LogP contribution >= 0.6 is 0 Å². The number of aromatic hydroxyl groups is 3. The van der Waals surface area contributed by atoms with Crippen molar-refractivity contribution in [2.45, 2.75) is 5.54 Å². The molecule has 0 fully saturated rings. The van der Waals surface area contributed by atoms with Crippen molar-refractivity contribution in [3.05, 3.63) is 107 Å². The quantitative estimate of drug-likeness (QED) is 0.339. The van der Waals surface area contributed by atoms with Gasteiger partial charge in [0.15, 0.2) is 0 Å². The number of ether oxygens (including phenoxy) is 1. The van der Waals surface area contributed by atoms with Crippen LogP contribution < -0.4 is 10.2 Å². The van der Waals surface area contributed by atoms with Gasteiger partial charge in [0.2, 0.25) is 0 Å². The number of carbonyl (C=O) groups is 1. The topological polar surface area (TPSA) is 102 Å². The van der Waals surface area contributed by atoms with E-state index in [9.17, 15) is 20.1 Å². The summed E-state index contributed by atoms with van der Waals surface area (Å²) in [6.07, 6.45) is 0. The van der Waals surface area contributed by atoms with Crippen LogP contribution in [0.25, 0.3) is 0 Å². The predicted octanol–water partition coefficient (Wildman–Crippen LogP) is 4.68. The second-order valence-corrected chi connectivity index (χ2v) is 7.99. The van der Waals surface area contributed by atoms with Gasteiger partial charge in [-0.1, -0.05) is 30.3 Å². The van der Waals surface area contributed by atoms with Crippen LogP contribution in [0.5, 0.6) is 28.7 Å². The molecule has 0 radical (unpaired) electrons. The summed E-state index contributed by atoms with van der Waals surface area (Å²) in [5, 5.41) is 32.2. The number of nitrogens with zero attached hydrogens (tertiary/aromatic N) is 1. The van der Waals surface area contributed by atoms with Crippen molar-refractivity contribution in [1.82, 2.24) is 5.01 Å². The minimum absolute atomic E-state index is 0.00493. The predicted molar refractivity (Wildman–Crippen MR) is 121 cm³/mol. The maximum Gasteiger partial charge on any atom is 0.274 e. The number of hydrazine groups is 1. The van der Waals surface area contributed by atoms with Gasteiger partial charge in [-0.15, -0.1) is 0 Å². The van der Waals surface area contributed by atoms with E-state index in [1.54, 1.807) is 54.6 Å². The minimum Gasteiger partial charge on any atom is -0.508 e. The van der Waals surface area contributed by atoms with Crippen molar-refractivity contribution in [3.63, 3.8) is 0 Å². The first kappa shape index (κ1) is 19.1.